The first-order valence-corrected chi connectivity index (χ1v) is 16.7. The number of hydrogen-bond acceptors (Lipinski definition) is 13. The smallest absolute Gasteiger partial charge is 0.328 e. The van der Waals surface area contributed by atoms with Gasteiger partial charge in [0, 0.05) is 37.7 Å². The number of rotatable bonds is 26. The Morgan fingerprint density at radius 1 is 0.764 bits per heavy atom. The molecule has 0 saturated heterocycles. The van der Waals surface area contributed by atoms with Gasteiger partial charge in [0.1, 0.15) is 30.2 Å². The summed E-state index contributed by atoms with van der Waals surface area (Å²) in [5.74, 6) is -10.2. The third-order valence-corrected chi connectivity index (χ3v) is 7.46. The minimum absolute atomic E-state index is 0.0181. The Morgan fingerprint density at radius 2 is 1.31 bits per heavy atom. The molecule has 306 valence electrons. The normalized spacial score (nSPS) is 13.9. The zero-order valence-electron chi connectivity index (χ0n) is 29.8. The van der Waals surface area contributed by atoms with Crippen LogP contribution in [0.25, 0.3) is 0 Å². The molecule has 0 unspecified atom stereocenters. The third-order valence-electron chi connectivity index (χ3n) is 7.46. The van der Waals surface area contributed by atoms with E-state index in [2.05, 4.69) is 41.5 Å². The number of nitrogens with one attached hydrogen (secondary N) is 7. The highest BCUT2D eigenvalue weighted by Gasteiger charge is 2.31. The summed E-state index contributed by atoms with van der Waals surface area (Å²) in [6.45, 7) is -0.506. The van der Waals surface area contributed by atoms with E-state index in [9.17, 15) is 48.3 Å². The van der Waals surface area contributed by atoms with Gasteiger partial charge in [0.2, 0.25) is 35.4 Å². The maximum Gasteiger partial charge on any atom is 0.328 e. The lowest BCUT2D eigenvalue weighted by Gasteiger charge is -2.24. The van der Waals surface area contributed by atoms with Crippen LogP contribution in [0.4, 0.5) is 0 Å². The van der Waals surface area contributed by atoms with Gasteiger partial charge >= 0.3 is 17.9 Å². The van der Waals surface area contributed by atoms with Crippen LogP contribution >= 0.6 is 0 Å². The molecule has 0 radical (unpaired) electrons. The molecule has 0 aliphatic heterocycles. The lowest BCUT2D eigenvalue weighted by atomic mass is 10.1. The highest BCUT2D eigenvalue weighted by Crippen LogP contribution is 2.06. The monoisotopic (exact) mass is 784 g/mol. The number of hydrogen-bond donors (Lipinski definition) is 14. The molecule has 0 aliphatic rings. The van der Waals surface area contributed by atoms with E-state index in [-0.39, 0.29) is 31.8 Å². The van der Waals surface area contributed by atoms with Gasteiger partial charge in [-0.05, 0) is 32.6 Å². The van der Waals surface area contributed by atoms with Crippen LogP contribution in [0.2, 0.25) is 0 Å². The van der Waals surface area contributed by atoms with Crippen LogP contribution in [0.15, 0.2) is 17.5 Å². The first-order chi connectivity index (χ1) is 25.8. The van der Waals surface area contributed by atoms with Gasteiger partial charge in [-0.25, -0.2) is 9.78 Å². The number of aliphatic hydroxyl groups is 1. The summed E-state index contributed by atoms with van der Waals surface area (Å²) in [6.07, 6.45) is 0.624. The first-order valence-electron chi connectivity index (χ1n) is 16.7. The van der Waals surface area contributed by atoms with Gasteiger partial charge in [0.25, 0.3) is 0 Å². The molecule has 25 heteroatoms. The zero-order chi connectivity index (χ0) is 41.7. The van der Waals surface area contributed by atoms with Gasteiger partial charge < -0.3 is 74.5 Å². The van der Waals surface area contributed by atoms with Crippen molar-refractivity contribution in [3.05, 3.63) is 18.2 Å². The van der Waals surface area contributed by atoms with Crippen molar-refractivity contribution in [2.45, 2.75) is 88.1 Å². The predicted octanol–water partition coefficient (Wildman–Crippen LogP) is -6.30. The topological polar surface area (TPSA) is 426 Å². The van der Waals surface area contributed by atoms with Gasteiger partial charge in [-0.2, -0.15) is 0 Å². The SMILES string of the molecule is C[C@H](NC(=O)[C@H](CCCN=C(N)N)NC(=O)CNC(=O)[C@H](CCC(=O)O)NC(=O)[C@H](CCC(=O)O)NC(=O)[C@@H](N)Cc1cnc[nH]1)C(=O)N[C@@H](CO)C(=O)O. The van der Waals surface area contributed by atoms with E-state index in [1.54, 1.807) is 0 Å². The number of imidazole rings is 1. The number of nitrogens with two attached hydrogens (primary N) is 3. The molecule has 25 nitrogen and oxygen atoms in total. The van der Waals surface area contributed by atoms with Crippen LogP contribution in [0, 0.1) is 0 Å². The molecule has 0 saturated carbocycles. The van der Waals surface area contributed by atoms with Crippen LogP contribution in [0.5, 0.6) is 0 Å². The second-order valence-corrected chi connectivity index (χ2v) is 12.0. The fraction of sp³-hybridized carbons (Fsp3) is 0.567. The molecule has 17 N–H and O–H groups in total. The van der Waals surface area contributed by atoms with Crippen molar-refractivity contribution in [3.8, 4) is 0 Å². The molecule has 1 rings (SSSR count). The minimum atomic E-state index is -1.65. The van der Waals surface area contributed by atoms with Gasteiger partial charge in [-0.3, -0.25) is 43.3 Å². The minimum Gasteiger partial charge on any atom is -0.481 e. The Balaban J connectivity index is 3.04. The Hall–Kier alpha value is -6.37. The summed E-state index contributed by atoms with van der Waals surface area (Å²) in [5.41, 5.74) is 17.0. The fourth-order valence-corrected chi connectivity index (χ4v) is 4.52. The van der Waals surface area contributed by atoms with E-state index in [1.165, 1.54) is 19.4 Å². The summed E-state index contributed by atoms with van der Waals surface area (Å²) in [6, 6.07) is -8.68. The van der Waals surface area contributed by atoms with Crippen molar-refractivity contribution in [2.75, 3.05) is 19.7 Å². The average molecular weight is 785 g/mol. The maximum atomic E-state index is 13.2. The molecule has 0 spiro atoms. The first kappa shape index (κ1) is 46.7. The van der Waals surface area contributed by atoms with Crippen molar-refractivity contribution in [1.29, 1.82) is 0 Å². The van der Waals surface area contributed by atoms with Crippen molar-refractivity contribution in [3.63, 3.8) is 0 Å². The lowest BCUT2D eigenvalue weighted by Crippen LogP contribution is -2.57. The van der Waals surface area contributed by atoms with Gasteiger partial charge in [-0.15, -0.1) is 0 Å². The predicted molar refractivity (Wildman–Crippen MR) is 187 cm³/mol. The summed E-state index contributed by atoms with van der Waals surface area (Å²) < 4.78 is 0. The van der Waals surface area contributed by atoms with E-state index in [1.807, 2.05) is 5.32 Å². The average Bonchev–Trinajstić information content (AvgIpc) is 3.63. The van der Waals surface area contributed by atoms with Gasteiger partial charge in [0.05, 0.1) is 25.5 Å². The van der Waals surface area contributed by atoms with E-state index < -0.39 is 128 Å². The van der Waals surface area contributed by atoms with Gasteiger partial charge in [0.15, 0.2) is 5.96 Å². The number of H-pyrrole nitrogens is 1. The Kier molecular flexibility index (Phi) is 20.4. The lowest BCUT2D eigenvalue weighted by molar-refractivity contribution is -0.143. The molecule has 55 heavy (non-hydrogen) atoms. The van der Waals surface area contributed by atoms with Crippen LogP contribution < -0.4 is 49.1 Å². The molecular weight excluding hydrogens is 736 g/mol. The summed E-state index contributed by atoms with van der Waals surface area (Å²) in [7, 11) is 0. The van der Waals surface area contributed by atoms with Crippen molar-refractivity contribution in [1.82, 2.24) is 41.9 Å². The van der Waals surface area contributed by atoms with Gasteiger partial charge in [-0.1, -0.05) is 0 Å². The number of amides is 6. The van der Waals surface area contributed by atoms with Crippen molar-refractivity contribution < 1.29 is 63.6 Å². The number of aromatic nitrogens is 2. The molecule has 0 fully saturated rings. The molecule has 0 aromatic carbocycles. The molecule has 6 amide bonds. The molecule has 1 heterocycles. The van der Waals surface area contributed by atoms with E-state index in [0.29, 0.717) is 5.69 Å². The Morgan fingerprint density at radius 3 is 1.84 bits per heavy atom. The molecule has 1 aromatic heterocycles. The molecule has 1 aromatic rings. The molecular formula is C30H48N12O13. The number of guanidine groups is 1. The quantitative estimate of drug-likeness (QED) is 0.0236. The van der Waals surface area contributed by atoms with E-state index in [0.717, 1.165) is 0 Å². The number of aliphatic imine (C=N–C) groups is 1. The Labute approximate surface area is 313 Å². The third kappa shape index (κ3) is 18.8. The number of aromatic amines is 1. The summed E-state index contributed by atoms with van der Waals surface area (Å²) in [5, 5.41) is 50.1. The van der Waals surface area contributed by atoms with Crippen molar-refractivity contribution in [2.24, 2.45) is 22.2 Å². The number of carbonyl (C=O) groups excluding carboxylic acids is 6. The number of carboxylic acids is 3. The highest BCUT2D eigenvalue weighted by molar-refractivity contribution is 5.96. The highest BCUT2D eigenvalue weighted by atomic mass is 16.4. The number of carbonyl (C=O) groups is 9. The standard InChI is InChI=1S/C30H48N12O13/c1-14(24(49)42-20(12-43)29(54)55)38-27(52)17(3-2-8-35-30(32)33)39-21(44)11-36-26(51)18(4-6-22(45)46)41-28(53)19(5-7-23(47)48)40-25(50)16(31)9-15-10-34-13-37-15/h10,13-14,16-20,43H,2-9,11-12,31H2,1H3,(H,34,37)(H,36,51)(H,38,52)(H,39,44)(H,40,50)(H,41,53)(H,42,49)(H,45,46)(H,47,48)(H,54,55)(H4,32,33,35)/t14-,16-,17-,18-,19-,20-/m0/s1. The number of nitrogens with zero attached hydrogens (tertiary/aromatic N) is 2. The largest absolute Gasteiger partial charge is 0.481 e. The van der Waals surface area contributed by atoms with Crippen molar-refractivity contribution >= 4 is 59.3 Å². The zero-order valence-corrected chi connectivity index (χ0v) is 29.8. The van der Waals surface area contributed by atoms with Crippen LogP contribution in [-0.4, -0.2) is 146 Å². The van der Waals surface area contributed by atoms with E-state index in [4.69, 9.17) is 32.5 Å². The molecule has 0 aliphatic carbocycles. The summed E-state index contributed by atoms with van der Waals surface area (Å²) >= 11 is 0. The number of aliphatic carboxylic acids is 3. The molecule has 0 bridgehead atoms. The second kappa shape index (κ2) is 24.0. The second-order valence-electron chi connectivity index (χ2n) is 12.0. The number of carboxylic acid groups (broad SMARTS) is 3. The fourth-order valence-electron chi connectivity index (χ4n) is 4.52. The van der Waals surface area contributed by atoms with E-state index >= 15 is 0 Å². The molecule has 6 atom stereocenters. The Bertz CT molecular complexity index is 1530. The maximum absolute atomic E-state index is 13.2. The summed E-state index contributed by atoms with van der Waals surface area (Å²) in [4.78, 5) is 122. The van der Waals surface area contributed by atoms with Crippen LogP contribution in [0.3, 0.4) is 0 Å². The van der Waals surface area contributed by atoms with Crippen LogP contribution in [0.1, 0.15) is 51.1 Å². The van der Waals surface area contributed by atoms with Crippen LogP contribution in [-0.2, 0) is 49.6 Å². The number of aliphatic hydroxyl groups excluding tert-OH is 1.